The Bertz CT molecular complexity index is 720. The summed E-state index contributed by atoms with van der Waals surface area (Å²) in [6.07, 6.45) is 0. The Morgan fingerprint density at radius 3 is 2.52 bits per heavy atom. The Balaban J connectivity index is 1.97. The van der Waals surface area contributed by atoms with Crippen molar-refractivity contribution in [3.05, 3.63) is 59.7 Å². The summed E-state index contributed by atoms with van der Waals surface area (Å²) in [5.74, 6) is -0.887. The highest BCUT2D eigenvalue weighted by molar-refractivity contribution is 5.94. The van der Waals surface area contributed by atoms with E-state index in [1.165, 1.54) is 0 Å². The van der Waals surface area contributed by atoms with Gasteiger partial charge >= 0.3 is 0 Å². The zero-order chi connectivity index (χ0) is 18.4. The van der Waals surface area contributed by atoms with Gasteiger partial charge in [-0.15, -0.1) is 0 Å². The van der Waals surface area contributed by atoms with Crippen LogP contribution in [0.1, 0.15) is 19.4 Å². The van der Waals surface area contributed by atoms with Crippen molar-refractivity contribution in [1.29, 1.82) is 0 Å². The number of nitrogens with one attached hydrogen (secondary N) is 1. The second kappa shape index (κ2) is 8.58. The Morgan fingerprint density at radius 1 is 1.20 bits per heavy atom. The van der Waals surface area contributed by atoms with E-state index in [4.69, 9.17) is 4.74 Å². The largest absolute Gasteiger partial charge is 0.494 e. The summed E-state index contributed by atoms with van der Waals surface area (Å²) in [5.41, 5.74) is 0.855. The first-order valence-corrected chi connectivity index (χ1v) is 8.08. The second-order valence-electron chi connectivity index (χ2n) is 5.78. The van der Waals surface area contributed by atoms with Gasteiger partial charge in [-0.2, -0.15) is 0 Å². The predicted molar refractivity (Wildman–Crippen MR) is 93.5 cm³/mol. The summed E-state index contributed by atoms with van der Waals surface area (Å²) in [6, 6.07) is 10.0. The van der Waals surface area contributed by atoms with Crippen LogP contribution in [0.25, 0.3) is 0 Å². The smallest absolute Gasteiger partial charge is 0.241 e. The average Bonchev–Trinajstić information content (AvgIpc) is 2.59. The number of benzene rings is 2. The molecular formula is C19H22F2N2O2. The molecule has 0 heterocycles. The predicted octanol–water partition coefficient (Wildman–Crippen LogP) is 3.82. The molecular weight excluding hydrogens is 326 g/mol. The number of ether oxygens (including phenoxy) is 1. The van der Waals surface area contributed by atoms with Gasteiger partial charge in [0.15, 0.2) is 0 Å². The van der Waals surface area contributed by atoms with Gasteiger partial charge in [-0.25, -0.2) is 8.78 Å². The summed E-state index contributed by atoms with van der Waals surface area (Å²) >= 11 is 0. The van der Waals surface area contributed by atoms with Crippen LogP contribution in [0.2, 0.25) is 0 Å². The van der Waals surface area contributed by atoms with Gasteiger partial charge < -0.3 is 10.1 Å². The van der Waals surface area contributed by atoms with Crippen molar-refractivity contribution in [3.63, 3.8) is 0 Å². The van der Waals surface area contributed by atoms with Crippen LogP contribution in [0.4, 0.5) is 14.5 Å². The lowest BCUT2D eigenvalue weighted by Gasteiger charge is -2.24. The number of halogens is 2. The van der Waals surface area contributed by atoms with E-state index in [0.29, 0.717) is 13.2 Å². The van der Waals surface area contributed by atoms with Gasteiger partial charge in [0.1, 0.15) is 17.4 Å². The molecule has 0 bridgehead atoms. The maximum atomic E-state index is 13.6. The number of hydrogen-bond donors (Lipinski definition) is 1. The Hall–Kier alpha value is -2.47. The summed E-state index contributed by atoms with van der Waals surface area (Å²) < 4.78 is 32.2. The molecule has 2 aromatic rings. The maximum absolute atomic E-state index is 13.6. The lowest BCUT2D eigenvalue weighted by atomic mass is 10.1. The molecule has 0 aromatic heterocycles. The summed E-state index contributed by atoms with van der Waals surface area (Å²) in [5, 5.41) is 2.43. The van der Waals surface area contributed by atoms with Gasteiger partial charge in [0.25, 0.3) is 0 Å². The quantitative estimate of drug-likeness (QED) is 0.827. The number of amides is 1. The van der Waals surface area contributed by atoms with E-state index in [-0.39, 0.29) is 5.69 Å². The molecule has 0 fully saturated rings. The lowest BCUT2D eigenvalue weighted by Crippen LogP contribution is -2.39. The van der Waals surface area contributed by atoms with E-state index in [2.05, 4.69) is 5.32 Å². The third-order valence-corrected chi connectivity index (χ3v) is 3.89. The third-order valence-electron chi connectivity index (χ3n) is 3.89. The molecule has 0 aliphatic heterocycles. The zero-order valence-corrected chi connectivity index (χ0v) is 14.6. The highest BCUT2D eigenvalue weighted by Crippen LogP contribution is 2.17. The minimum Gasteiger partial charge on any atom is -0.494 e. The first kappa shape index (κ1) is 18.9. The van der Waals surface area contributed by atoms with Crippen LogP contribution in [0.15, 0.2) is 42.5 Å². The summed E-state index contributed by atoms with van der Waals surface area (Å²) in [4.78, 5) is 14.1. The van der Waals surface area contributed by atoms with Crippen LogP contribution in [0.5, 0.6) is 5.75 Å². The molecule has 1 atom stereocenters. The number of carbonyl (C=O) groups excluding carboxylic acids is 1. The fraction of sp³-hybridized carbons (Fsp3) is 0.316. The molecule has 1 N–H and O–H groups in total. The van der Waals surface area contributed by atoms with Crippen molar-refractivity contribution < 1.29 is 18.3 Å². The van der Waals surface area contributed by atoms with E-state index >= 15 is 0 Å². The van der Waals surface area contributed by atoms with Crippen LogP contribution in [-0.4, -0.2) is 30.5 Å². The average molecular weight is 348 g/mol. The van der Waals surface area contributed by atoms with Crippen molar-refractivity contribution in [2.75, 3.05) is 19.0 Å². The molecule has 0 radical (unpaired) electrons. The number of nitrogens with zero attached hydrogens (tertiary/aromatic N) is 1. The molecule has 134 valence electrons. The van der Waals surface area contributed by atoms with Crippen LogP contribution >= 0.6 is 0 Å². The highest BCUT2D eigenvalue weighted by atomic mass is 19.1. The molecule has 25 heavy (non-hydrogen) atoms. The van der Waals surface area contributed by atoms with E-state index in [0.717, 1.165) is 29.5 Å². The van der Waals surface area contributed by atoms with Gasteiger partial charge in [-0.1, -0.05) is 12.1 Å². The number of carbonyl (C=O) groups is 1. The molecule has 0 aliphatic carbocycles. The number of likely N-dealkylation sites (N-methyl/N-ethyl adjacent to an activating group) is 1. The van der Waals surface area contributed by atoms with Crippen molar-refractivity contribution in [3.8, 4) is 5.75 Å². The molecule has 6 heteroatoms. The molecule has 4 nitrogen and oxygen atoms in total. The van der Waals surface area contributed by atoms with Crippen LogP contribution in [-0.2, 0) is 11.3 Å². The standard InChI is InChI=1S/C19H22F2N2O2/c1-4-25-16-8-5-14(6-9-16)12-23(3)13(2)19(24)22-18-11-15(20)7-10-17(18)21/h5-11,13H,4,12H2,1-3H3,(H,22,24)/t13-/m1/s1. The van der Waals surface area contributed by atoms with Crippen molar-refractivity contribution in [1.82, 2.24) is 4.90 Å². The Kier molecular flexibility index (Phi) is 6.47. The van der Waals surface area contributed by atoms with E-state index < -0.39 is 23.6 Å². The lowest BCUT2D eigenvalue weighted by molar-refractivity contribution is -0.120. The molecule has 0 aliphatic rings. The van der Waals surface area contributed by atoms with Gasteiger partial charge in [0.2, 0.25) is 5.91 Å². The van der Waals surface area contributed by atoms with Crippen LogP contribution < -0.4 is 10.1 Å². The molecule has 0 saturated heterocycles. The molecule has 0 saturated carbocycles. The first-order valence-electron chi connectivity index (χ1n) is 8.08. The van der Waals surface area contributed by atoms with Gasteiger partial charge in [-0.3, -0.25) is 9.69 Å². The molecule has 0 spiro atoms. The zero-order valence-electron chi connectivity index (χ0n) is 14.6. The van der Waals surface area contributed by atoms with E-state index in [1.807, 2.05) is 36.1 Å². The first-order chi connectivity index (χ1) is 11.9. The maximum Gasteiger partial charge on any atom is 0.241 e. The van der Waals surface area contributed by atoms with Crippen molar-refractivity contribution >= 4 is 11.6 Å². The SMILES string of the molecule is CCOc1ccc(CN(C)[C@H](C)C(=O)Nc2cc(F)ccc2F)cc1. The molecule has 2 rings (SSSR count). The minimum absolute atomic E-state index is 0.161. The topological polar surface area (TPSA) is 41.6 Å². The van der Waals surface area contributed by atoms with Gasteiger partial charge in [0.05, 0.1) is 18.3 Å². The fourth-order valence-corrected chi connectivity index (χ4v) is 2.31. The van der Waals surface area contributed by atoms with Crippen molar-refractivity contribution in [2.45, 2.75) is 26.4 Å². The number of anilines is 1. The molecule has 0 unspecified atom stereocenters. The summed E-state index contributed by atoms with van der Waals surface area (Å²) in [6.45, 7) is 4.77. The monoisotopic (exact) mass is 348 g/mol. The van der Waals surface area contributed by atoms with E-state index in [1.54, 1.807) is 14.0 Å². The highest BCUT2D eigenvalue weighted by Gasteiger charge is 2.19. The van der Waals surface area contributed by atoms with Crippen molar-refractivity contribution in [2.24, 2.45) is 0 Å². The normalized spacial score (nSPS) is 12.1. The Morgan fingerprint density at radius 2 is 1.88 bits per heavy atom. The second-order valence-corrected chi connectivity index (χ2v) is 5.78. The van der Waals surface area contributed by atoms with Gasteiger partial charge in [0, 0.05) is 12.6 Å². The Labute approximate surface area is 146 Å². The van der Waals surface area contributed by atoms with Crippen LogP contribution in [0.3, 0.4) is 0 Å². The fourth-order valence-electron chi connectivity index (χ4n) is 2.31. The number of hydrogen-bond acceptors (Lipinski definition) is 3. The third kappa shape index (κ3) is 5.26. The van der Waals surface area contributed by atoms with Crippen LogP contribution in [0, 0.1) is 11.6 Å². The van der Waals surface area contributed by atoms with E-state index in [9.17, 15) is 13.6 Å². The van der Waals surface area contributed by atoms with Gasteiger partial charge in [-0.05, 0) is 50.7 Å². The molecule has 1 amide bonds. The summed E-state index contributed by atoms with van der Waals surface area (Å²) in [7, 11) is 1.79. The minimum atomic E-state index is -0.670. The molecule has 2 aromatic carbocycles. The number of rotatable bonds is 7.